The number of cyclic esters (lactones) is 1. The number of carbonyl (C=O) groups excluding carboxylic acids is 4. The lowest BCUT2D eigenvalue weighted by Crippen LogP contribution is -2.41. The minimum atomic E-state index is -1.17. The van der Waals surface area contributed by atoms with Crippen LogP contribution < -0.4 is 0 Å². The van der Waals surface area contributed by atoms with E-state index in [1.165, 1.54) is 12.5 Å². The third-order valence-electron chi connectivity index (χ3n) is 5.67. The van der Waals surface area contributed by atoms with Crippen molar-refractivity contribution in [2.24, 2.45) is 5.92 Å². The van der Waals surface area contributed by atoms with Crippen molar-refractivity contribution in [3.05, 3.63) is 23.5 Å². The van der Waals surface area contributed by atoms with Crippen molar-refractivity contribution < 1.29 is 33.8 Å². The van der Waals surface area contributed by atoms with Crippen LogP contribution in [-0.2, 0) is 28.7 Å². The van der Waals surface area contributed by atoms with E-state index in [1.54, 1.807) is 19.9 Å². The third-order valence-corrected chi connectivity index (χ3v) is 5.67. The van der Waals surface area contributed by atoms with Gasteiger partial charge in [-0.15, -0.1) is 0 Å². The standard InChI is InChI=1S/C25H37NO7/c1-6-7-8-9-10-11-12-13-20(28)26-17(14-16(2)3)22(29)21(23(26)30)18(27)15-19-24(31)33-25(4,5)32-19/h12-13,16-17,19,29H,6-11,14-15H2,1-5H3/b13-12+/t17?,19-/m0/s1. The fraction of sp³-hybridized carbons (Fsp3) is 0.680. The molecular formula is C25H37NO7. The van der Waals surface area contributed by atoms with E-state index in [0.717, 1.165) is 30.6 Å². The number of rotatable bonds is 12. The van der Waals surface area contributed by atoms with E-state index in [0.29, 0.717) is 12.8 Å². The number of ether oxygens (including phenoxy) is 2. The van der Waals surface area contributed by atoms with Gasteiger partial charge in [0.25, 0.3) is 11.8 Å². The van der Waals surface area contributed by atoms with E-state index >= 15 is 0 Å². The maximum Gasteiger partial charge on any atom is 0.338 e. The maximum atomic E-state index is 13.1. The van der Waals surface area contributed by atoms with Gasteiger partial charge in [-0.25, -0.2) is 4.79 Å². The van der Waals surface area contributed by atoms with E-state index in [4.69, 9.17) is 9.47 Å². The topological polar surface area (TPSA) is 110 Å². The summed E-state index contributed by atoms with van der Waals surface area (Å²) in [6, 6.07) is -0.911. The van der Waals surface area contributed by atoms with Crippen LogP contribution in [0.5, 0.6) is 0 Å². The van der Waals surface area contributed by atoms with Crippen LogP contribution in [0.25, 0.3) is 0 Å². The summed E-state index contributed by atoms with van der Waals surface area (Å²) in [5, 5.41) is 10.8. The molecule has 2 aliphatic rings. The van der Waals surface area contributed by atoms with Gasteiger partial charge in [0.1, 0.15) is 11.3 Å². The minimum Gasteiger partial charge on any atom is -0.509 e. The predicted octanol–water partition coefficient (Wildman–Crippen LogP) is 4.14. The summed E-state index contributed by atoms with van der Waals surface area (Å²) in [4.78, 5) is 51.7. The molecule has 0 bridgehead atoms. The smallest absolute Gasteiger partial charge is 0.338 e. The molecule has 1 saturated heterocycles. The Hall–Kier alpha value is -2.48. The fourth-order valence-corrected chi connectivity index (χ4v) is 4.09. The molecule has 0 aliphatic carbocycles. The molecule has 8 heteroatoms. The average molecular weight is 464 g/mol. The number of Topliss-reactive ketones (excluding diaryl/α,β-unsaturated/α-hetero) is 1. The molecule has 8 nitrogen and oxygen atoms in total. The molecule has 1 fully saturated rings. The molecule has 1 N–H and O–H groups in total. The number of amides is 2. The first-order chi connectivity index (χ1) is 15.5. The van der Waals surface area contributed by atoms with E-state index in [9.17, 15) is 24.3 Å². The summed E-state index contributed by atoms with van der Waals surface area (Å²) in [5.74, 6) is -4.38. The number of imide groups is 1. The summed E-state index contributed by atoms with van der Waals surface area (Å²) >= 11 is 0. The Labute approximate surface area is 196 Å². The molecule has 33 heavy (non-hydrogen) atoms. The second-order valence-electron chi connectivity index (χ2n) is 9.58. The molecule has 1 unspecified atom stereocenters. The van der Waals surface area contributed by atoms with Gasteiger partial charge < -0.3 is 14.6 Å². The highest BCUT2D eigenvalue weighted by atomic mass is 16.8. The number of hydrogen-bond donors (Lipinski definition) is 1. The Bertz CT molecular complexity index is 825. The van der Waals surface area contributed by atoms with E-state index < -0.39 is 59.3 Å². The number of carbonyl (C=O) groups is 4. The molecule has 2 aliphatic heterocycles. The van der Waals surface area contributed by atoms with Gasteiger partial charge in [0.05, 0.1) is 6.04 Å². The highest BCUT2D eigenvalue weighted by Gasteiger charge is 2.48. The van der Waals surface area contributed by atoms with Crippen LogP contribution in [0.1, 0.15) is 86.0 Å². The lowest BCUT2D eigenvalue weighted by atomic mass is 9.99. The number of esters is 1. The Kier molecular flexibility index (Phi) is 9.40. The number of unbranched alkanes of at least 4 members (excludes halogenated alkanes) is 5. The van der Waals surface area contributed by atoms with Crippen molar-refractivity contribution in [2.75, 3.05) is 0 Å². The summed E-state index contributed by atoms with van der Waals surface area (Å²) in [6.45, 7) is 9.03. The van der Waals surface area contributed by atoms with Crippen molar-refractivity contribution in [1.29, 1.82) is 0 Å². The van der Waals surface area contributed by atoms with Crippen molar-refractivity contribution >= 4 is 23.6 Å². The van der Waals surface area contributed by atoms with Crippen molar-refractivity contribution in [1.82, 2.24) is 4.90 Å². The molecule has 0 spiro atoms. The molecule has 0 radical (unpaired) electrons. The molecule has 0 aromatic rings. The Morgan fingerprint density at radius 3 is 2.39 bits per heavy atom. The van der Waals surface area contributed by atoms with Crippen LogP contribution in [0.4, 0.5) is 0 Å². The van der Waals surface area contributed by atoms with Crippen molar-refractivity contribution in [3.8, 4) is 0 Å². The lowest BCUT2D eigenvalue weighted by molar-refractivity contribution is -0.160. The number of aliphatic hydroxyl groups excluding tert-OH is 1. The van der Waals surface area contributed by atoms with Gasteiger partial charge >= 0.3 is 5.97 Å². The van der Waals surface area contributed by atoms with Gasteiger partial charge in [0, 0.05) is 20.3 Å². The van der Waals surface area contributed by atoms with Crippen LogP contribution in [0.15, 0.2) is 23.5 Å². The van der Waals surface area contributed by atoms with Crippen LogP contribution >= 0.6 is 0 Å². The first-order valence-electron chi connectivity index (χ1n) is 11.9. The third kappa shape index (κ3) is 7.00. The van der Waals surface area contributed by atoms with Crippen LogP contribution in [0, 0.1) is 5.92 Å². The Balaban J connectivity index is 2.11. The van der Waals surface area contributed by atoms with E-state index in [-0.39, 0.29) is 5.92 Å². The number of nitrogens with zero attached hydrogens (tertiary/aromatic N) is 1. The normalized spacial score (nSPS) is 22.7. The van der Waals surface area contributed by atoms with Gasteiger partial charge in [0.2, 0.25) is 5.79 Å². The summed E-state index contributed by atoms with van der Waals surface area (Å²) in [5.41, 5.74) is -0.455. The van der Waals surface area contributed by atoms with E-state index in [2.05, 4.69) is 6.92 Å². The minimum absolute atomic E-state index is 0.0613. The molecular weight excluding hydrogens is 426 g/mol. The zero-order valence-electron chi connectivity index (χ0n) is 20.4. The number of hydrogen-bond acceptors (Lipinski definition) is 7. The predicted molar refractivity (Wildman–Crippen MR) is 122 cm³/mol. The number of allylic oxidation sites excluding steroid dienone is 1. The van der Waals surface area contributed by atoms with Crippen LogP contribution in [-0.4, -0.2) is 51.5 Å². The number of ketones is 1. The first-order valence-corrected chi connectivity index (χ1v) is 11.9. The Morgan fingerprint density at radius 1 is 1.15 bits per heavy atom. The highest BCUT2D eigenvalue weighted by Crippen LogP contribution is 2.32. The second-order valence-corrected chi connectivity index (χ2v) is 9.58. The van der Waals surface area contributed by atoms with Gasteiger partial charge in [-0.2, -0.15) is 0 Å². The lowest BCUT2D eigenvalue weighted by Gasteiger charge is -2.23. The van der Waals surface area contributed by atoms with Gasteiger partial charge in [-0.05, 0) is 31.3 Å². The molecule has 2 amide bonds. The number of aliphatic hydroxyl groups is 1. The summed E-state index contributed by atoms with van der Waals surface area (Å²) in [6.07, 6.45) is 8.02. The Morgan fingerprint density at radius 2 is 1.82 bits per heavy atom. The fourth-order valence-electron chi connectivity index (χ4n) is 4.09. The largest absolute Gasteiger partial charge is 0.509 e. The zero-order chi connectivity index (χ0) is 24.8. The maximum absolute atomic E-state index is 13.1. The van der Waals surface area contributed by atoms with Crippen LogP contribution in [0.2, 0.25) is 0 Å². The second kappa shape index (κ2) is 11.6. The van der Waals surface area contributed by atoms with Gasteiger partial charge in [-0.3, -0.25) is 19.3 Å². The molecule has 0 saturated carbocycles. The molecule has 0 aromatic carbocycles. The van der Waals surface area contributed by atoms with Crippen molar-refractivity contribution in [2.45, 2.75) is 104 Å². The van der Waals surface area contributed by atoms with Crippen molar-refractivity contribution in [3.63, 3.8) is 0 Å². The van der Waals surface area contributed by atoms with Crippen LogP contribution in [0.3, 0.4) is 0 Å². The molecule has 2 rings (SSSR count). The quantitative estimate of drug-likeness (QED) is 0.200. The molecule has 0 aromatic heterocycles. The zero-order valence-corrected chi connectivity index (χ0v) is 20.4. The monoisotopic (exact) mass is 463 g/mol. The first kappa shape index (κ1) is 26.8. The molecule has 2 atom stereocenters. The molecule has 184 valence electrons. The highest BCUT2D eigenvalue weighted by molar-refractivity contribution is 6.25. The molecule has 2 heterocycles. The van der Waals surface area contributed by atoms with Gasteiger partial charge in [0.15, 0.2) is 11.9 Å². The van der Waals surface area contributed by atoms with Gasteiger partial charge in [-0.1, -0.05) is 52.5 Å². The van der Waals surface area contributed by atoms with E-state index in [1.807, 2.05) is 13.8 Å². The summed E-state index contributed by atoms with van der Waals surface area (Å²) in [7, 11) is 0. The SMILES string of the molecule is CCCCCCC/C=C/C(=O)N1C(=O)C(C(=O)C[C@@H]2OC(C)(C)OC2=O)=C(O)C1CC(C)C. The summed E-state index contributed by atoms with van der Waals surface area (Å²) < 4.78 is 10.5. The average Bonchev–Trinajstić information content (AvgIpc) is 3.10.